The first kappa shape index (κ1) is 31.0. The van der Waals surface area contributed by atoms with Gasteiger partial charge in [0, 0.05) is 22.3 Å². The molecular weight excluding hydrogens is 613 g/mol. The van der Waals surface area contributed by atoms with Crippen LogP contribution in [0, 0.1) is 35.8 Å². The van der Waals surface area contributed by atoms with Crippen molar-refractivity contribution in [2.45, 2.75) is 0 Å². The van der Waals surface area contributed by atoms with Crippen LogP contribution in [-0.2, 0) is 0 Å². The predicted octanol–water partition coefficient (Wildman–Crippen LogP) is 11.3. The Labute approximate surface area is 290 Å². The van der Waals surface area contributed by atoms with Crippen LogP contribution in [0.5, 0.6) is 0 Å². The smallest absolute Gasteiger partial charge is 0.221 e. The van der Waals surface area contributed by atoms with Gasteiger partial charge in [0.05, 0.1) is 47.0 Å². The zero-order valence-corrected chi connectivity index (χ0v) is 26.5. The highest BCUT2D eigenvalue weighted by atomic mass is 14.8. The number of hydrogen-bond donors (Lipinski definition) is 0. The molecule has 0 atom stereocenters. The molecule has 6 heteroatoms. The minimum atomic E-state index is 0.273. The third kappa shape index (κ3) is 5.53. The molecule has 0 fully saturated rings. The Morgan fingerprint density at radius 3 is 0.980 bits per heavy atom. The third-order valence-corrected chi connectivity index (χ3v) is 8.44. The van der Waals surface area contributed by atoms with Crippen LogP contribution in [0.4, 0.5) is 11.4 Å². The highest BCUT2D eigenvalue weighted by Gasteiger charge is 2.25. The van der Waals surface area contributed by atoms with E-state index in [0.717, 1.165) is 22.3 Å². The molecule has 0 spiro atoms. The van der Waals surface area contributed by atoms with Gasteiger partial charge < -0.3 is 0 Å². The second-order valence-electron chi connectivity index (χ2n) is 11.3. The van der Waals surface area contributed by atoms with E-state index in [9.17, 15) is 10.5 Å². The van der Waals surface area contributed by atoms with Crippen LogP contribution in [0.15, 0.2) is 146 Å². The monoisotopic (exact) mass is 636 g/mol. The number of pyridine rings is 2. The van der Waals surface area contributed by atoms with Gasteiger partial charge in [-0.1, -0.05) is 146 Å². The maximum absolute atomic E-state index is 10.6. The first-order chi connectivity index (χ1) is 24.7. The molecule has 230 valence electrons. The number of nitriles is 2. The van der Waals surface area contributed by atoms with E-state index in [1.54, 1.807) is 0 Å². The van der Waals surface area contributed by atoms with Crippen LogP contribution in [0.3, 0.4) is 0 Å². The number of aromatic nitrogens is 2. The second-order valence-corrected chi connectivity index (χ2v) is 11.3. The highest BCUT2D eigenvalue weighted by molar-refractivity contribution is 5.98. The average Bonchev–Trinajstić information content (AvgIpc) is 3.20. The summed E-state index contributed by atoms with van der Waals surface area (Å²) < 4.78 is 0. The van der Waals surface area contributed by atoms with Crippen molar-refractivity contribution < 1.29 is 0 Å². The van der Waals surface area contributed by atoms with Gasteiger partial charge in [-0.15, -0.1) is 0 Å². The minimum Gasteiger partial charge on any atom is -0.258 e. The Morgan fingerprint density at radius 2 is 0.660 bits per heavy atom. The SMILES string of the molecule is [C-]#[N+]c1c(-c2ccccc2)nc(-c2ccc(-c3nc(-c4ccccc4)c(C#N)c(-c4ccccc4)c3[N+]#[C-])cc2)c(C#N)c1-c1ccccc1. The Balaban J connectivity index is 1.46. The molecule has 5 aromatic carbocycles. The average molecular weight is 637 g/mol. The summed E-state index contributed by atoms with van der Waals surface area (Å²) in [4.78, 5) is 17.8. The molecule has 2 heterocycles. The molecule has 0 aliphatic rings. The molecule has 6 nitrogen and oxygen atoms in total. The largest absolute Gasteiger partial charge is 0.258 e. The zero-order valence-electron chi connectivity index (χ0n) is 26.5. The summed E-state index contributed by atoms with van der Waals surface area (Å²) in [6.07, 6.45) is 0. The maximum atomic E-state index is 10.6. The van der Waals surface area contributed by atoms with Gasteiger partial charge in [0.2, 0.25) is 11.4 Å². The van der Waals surface area contributed by atoms with Crippen molar-refractivity contribution in [1.82, 2.24) is 9.97 Å². The van der Waals surface area contributed by atoms with Crippen LogP contribution in [0.2, 0.25) is 0 Å². The topological polar surface area (TPSA) is 82.1 Å². The normalized spacial score (nSPS) is 10.3. The van der Waals surface area contributed by atoms with Crippen molar-refractivity contribution in [3.63, 3.8) is 0 Å². The van der Waals surface area contributed by atoms with Gasteiger partial charge in [0.1, 0.15) is 12.1 Å². The van der Waals surface area contributed by atoms with Crippen LogP contribution in [0.25, 0.3) is 77.0 Å². The molecule has 0 N–H and O–H groups in total. The van der Waals surface area contributed by atoms with Gasteiger partial charge in [-0.3, -0.25) is 9.97 Å². The fourth-order valence-electron chi connectivity index (χ4n) is 6.16. The first-order valence-electron chi connectivity index (χ1n) is 15.7. The maximum Gasteiger partial charge on any atom is 0.221 e. The third-order valence-electron chi connectivity index (χ3n) is 8.44. The van der Waals surface area contributed by atoms with E-state index in [1.165, 1.54) is 0 Å². The lowest BCUT2D eigenvalue weighted by Gasteiger charge is -2.17. The summed E-state index contributed by atoms with van der Waals surface area (Å²) in [5, 5.41) is 21.0. The van der Waals surface area contributed by atoms with Crippen LogP contribution in [-0.4, -0.2) is 9.97 Å². The molecule has 7 aromatic rings. The molecule has 0 aliphatic carbocycles. The fraction of sp³-hybridized carbons (Fsp3) is 0. The minimum absolute atomic E-state index is 0.273. The molecule has 0 aliphatic heterocycles. The summed E-state index contributed by atoms with van der Waals surface area (Å²) in [5.74, 6) is 0. The summed E-state index contributed by atoms with van der Waals surface area (Å²) in [5.41, 5.74) is 8.49. The summed E-state index contributed by atoms with van der Waals surface area (Å²) in [6.45, 7) is 16.4. The van der Waals surface area contributed by atoms with E-state index >= 15 is 0 Å². The van der Waals surface area contributed by atoms with E-state index in [0.29, 0.717) is 61.8 Å². The number of rotatable bonds is 6. The van der Waals surface area contributed by atoms with Gasteiger partial charge in [0.25, 0.3) is 0 Å². The van der Waals surface area contributed by atoms with Crippen LogP contribution >= 0.6 is 0 Å². The molecule has 2 aromatic heterocycles. The van der Waals surface area contributed by atoms with E-state index < -0.39 is 0 Å². The molecule has 0 radical (unpaired) electrons. The summed E-state index contributed by atoms with van der Waals surface area (Å²) >= 11 is 0. The van der Waals surface area contributed by atoms with Gasteiger partial charge in [-0.2, -0.15) is 10.5 Å². The highest BCUT2D eigenvalue weighted by Crippen LogP contribution is 2.46. The molecule has 0 unspecified atom stereocenters. The molecule has 0 bridgehead atoms. The molecule has 0 amide bonds. The Kier molecular flexibility index (Phi) is 8.43. The lowest BCUT2D eigenvalue weighted by atomic mass is 9.91. The van der Waals surface area contributed by atoms with Gasteiger partial charge in [-0.05, 0) is 22.3 Å². The molecule has 0 saturated heterocycles. The molecular formula is C44H24N6. The van der Waals surface area contributed by atoms with E-state index in [1.807, 2.05) is 146 Å². The van der Waals surface area contributed by atoms with Gasteiger partial charge in [0.15, 0.2) is 0 Å². The van der Waals surface area contributed by atoms with E-state index in [2.05, 4.69) is 21.8 Å². The first-order valence-corrected chi connectivity index (χ1v) is 15.7. The van der Waals surface area contributed by atoms with Crippen LogP contribution < -0.4 is 0 Å². The number of hydrogen-bond acceptors (Lipinski definition) is 4. The van der Waals surface area contributed by atoms with E-state index in [4.69, 9.17) is 23.1 Å². The zero-order chi connectivity index (χ0) is 34.5. The molecule has 0 saturated carbocycles. The van der Waals surface area contributed by atoms with Crippen molar-refractivity contribution in [3.8, 4) is 79.4 Å². The quantitative estimate of drug-likeness (QED) is 0.170. The van der Waals surface area contributed by atoms with Crippen molar-refractivity contribution in [2.24, 2.45) is 0 Å². The fourth-order valence-corrected chi connectivity index (χ4v) is 6.16. The number of nitrogens with zero attached hydrogens (tertiary/aromatic N) is 6. The lowest BCUT2D eigenvalue weighted by molar-refractivity contribution is 1.29. The lowest BCUT2D eigenvalue weighted by Crippen LogP contribution is -1.99. The van der Waals surface area contributed by atoms with E-state index in [-0.39, 0.29) is 5.69 Å². The predicted molar refractivity (Wildman–Crippen MR) is 197 cm³/mol. The van der Waals surface area contributed by atoms with Gasteiger partial charge in [-0.25, -0.2) is 9.69 Å². The van der Waals surface area contributed by atoms with Crippen molar-refractivity contribution in [3.05, 3.63) is 180 Å². The molecule has 7 rings (SSSR count). The number of benzene rings is 5. The Bertz CT molecular complexity index is 2350. The van der Waals surface area contributed by atoms with Crippen molar-refractivity contribution in [1.29, 1.82) is 10.5 Å². The van der Waals surface area contributed by atoms with Crippen LogP contribution in [0.1, 0.15) is 11.1 Å². The van der Waals surface area contributed by atoms with Crippen molar-refractivity contribution in [2.75, 3.05) is 0 Å². The van der Waals surface area contributed by atoms with Crippen molar-refractivity contribution >= 4 is 11.4 Å². The summed E-state index contributed by atoms with van der Waals surface area (Å²) in [6, 6.07) is 50.0. The van der Waals surface area contributed by atoms with Gasteiger partial charge >= 0.3 is 0 Å². The molecule has 50 heavy (non-hydrogen) atoms. The Hall–Kier alpha value is -7.64. The second kappa shape index (κ2) is 13.6. The summed E-state index contributed by atoms with van der Waals surface area (Å²) in [7, 11) is 0. The standard InChI is InChI=1S/C44H24N6/c1-47-43-38(30-17-9-4-10-18-30)36(28-46)40(50-41(43)32-21-13-6-14-22-32)33-23-25-34(26-24-33)42-44(48-2)37(29-15-7-3-8-16-29)35(27-45)39(49-42)31-19-11-5-12-20-31/h3-26H. The Morgan fingerprint density at radius 1 is 0.380 bits per heavy atom.